The molecule has 2 heterocycles. The van der Waals surface area contributed by atoms with E-state index in [1.807, 2.05) is 41.3 Å². The van der Waals surface area contributed by atoms with Crippen LogP contribution in [-0.4, -0.2) is 75.7 Å². The zero-order valence-corrected chi connectivity index (χ0v) is 24.6. The van der Waals surface area contributed by atoms with E-state index in [1.165, 1.54) is 5.56 Å². The van der Waals surface area contributed by atoms with Crippen LogP contribution in [0.5, 0.6) is 5.75 Å². The summed E-state index contributed by atoms with van der Waals surface area (Å²) in [6.45, 7) is 3.47. The van der Waals surface area contributed by atoms with Gasteiger partial charge in [0.2, 0.25) is 15.9 Å². The van der Waals surface area contributed by atoms with Gasteiger partial charge in [-0.3, -0.25) is 4.79 Å². The minimum Gasteiger partial charge on any atom is -0.495 e. The summed E-state index contributed by atoms with van der Waals surface area (Å²) in [4.78, 5) is 18.2. The average Bonchev–Trinajstić information content (AvgIpc) is 3.01. The highest BCUT2D eigenvalue weighted by atomic mass is 32.2. The minimum absolute atomic E-state index is 0.118. The van der Waals surface area contributed by atoms with E-state index in [0.29, 0.717) is 61.6 Å². The molecule has 3 aromatic rings. The molecule has 40 heavy (non-hydrogen) atoms. The van der Waals surface area contributed by atoms with Crippen LogP contribution in [0, 0.1) is 5.92 Å². The van der Waals surface area contributed by atoms with E-state index in [0.717, 1.165) is 29.8 Å². The van der Waals surface area contributed by atoms with Gasteiger partial charge in [0.1, 0.15) is 5.75 Å². The molecule has 0 bridgehead atoms. The van der Waals surface area contributed by atoms with Crippen molar-refractivity contribution in [3.8, 4) is 5.75 Å². The number of thioether (sulfide) groups is 1. The molecule has 0 radical (unpaired) electrons. The molecule has 0 aromatic heterocycles. The number of benzene rings is 3. The van der Waals surface area contributed by atoms with Crippen LogP contribution in [0.3, 0.4) is 0 Å². The number of hydrogen-bond donors (Lipinski definition) is 0. The van der Waals surface area contributed by atoms with Gasteiger partial charge in [0.25, 0.3) is 0 Å². The summed E-state index contributed by atoms with van der Waals surface area (Å²) in [5.74, 6) is 1.65. The number of anilines is 1. The van der Waals surface area contributed by atoms with Gasteiger partial charge < -0.3 is 14.5 Å². The Bertz CT molecular complexity index is 1370. The number of hydrogen-bond acceptors (Lipinski definition) is 6. The average molecular weight is 580 g/mol. The van der Waals surface area contributed by atoms with E-state index in [2.05, 4.69) is 29.2 Å². The quantitative estimate of drug-likeness (QED) is 0.340. The van der Waals surface area contributed by atoms with Gasteiger partial charge in [-0.1, -0.05) is 48.5 Å². The van der Waals surface area contributed by atoms with E-state index in [9.17, 15) is 13.2 Å². The zero-order valence-electron chi connectivity index (χ0n) is 22.9. The Labute approximate surface area is 242 Å². The first kappa shape index (κ1) is 28.5. The van der Waals surface area contributed by atoms with Gasteiger partial charge in [0.05, 0.1) is 23.4 Å². The normalized spacial score (nSPS) is 17.1. The monoisotopic (exact) mass is 579 g/mol. The van der Waals surface area contributed by atoms with Gasteiger partial charge in [-0.2, -0.15) is 4.31 Å². The predicted molar refractivity (Wildman–Crippen MR) is 161 cm³/mol. The first-order chi connectivity index (χ1) is 19.4. The molecule has 5 rings (SSSR count). The van der Waals surface area contributed by atoms with Crippen LogP contribution < -0.4 is 9.64 Å². The Morgan fingerprint density at radius 3 is 2.17 bits per heavy atom. The van der Waals surface area contributed by atoms with Gasteiger partial charge in [0, 0.05) is 44.2 Å². The molecule has 2 aliphatic heterocycles. The molecule has 2 fully saturated rings. The van der Waals surface area contributed by atoms with Crippen LogP contribution in [0.25, 0.3) is 0 Å². The molecule has 2 aliphatic rings. The largest absolute Gasteiger partial charge is 0.495 e. The Morgan fingerprint density at radius 2 is 1.52 bits per heavy atom. The van der Waals surface area contributed by atoms with E-state index in [1.54, 1.807) is 41.4 Å². The summed E-state index contributed by atoms with van der Waals surface area (Å²) in [6, 6.07) is 25.5. The molecule has 0 aliphatic carbocycles. The lowest BCUT2D eigenvalue weighted by molar-refractivity contribution is -0.128. The van der Waals surface area contributed by atoms with Crippen LogP contribution in [0.4, 0.5) is 5.69 Å². The number of carbonyl (C=O) groups is 1. The third kappa shape index (κ3) is 6.82. The smallest absolute Gasteiger partial charge is 0.243 e. The van der Waals surface area contributed by atoms with Gasteiger partial charge in [-0.05, 0) is 61.1 Å². The maximum Gasteiger partial charge on any atom is 0.243 e. The third-order valence-electron chi connectivity index (χ3n) is 7.81. The molecule has 212 valence electrons. The molecule has 2 saturated heterocycles. The van der Waals surface area contributed by atoms with Crippen molar-refractivity contribution in [3.63, 3.8) is 0 Å². The summed E-state index contributed by atoms with van der Waals surface area (Å²) in [5, 5.41) is 0. The number of rotatable bonds is 9. The molecular weight excluding hydrogens is 542 g/mol. The molecular formula is C31H37N3O4S2. The molecule has 0 unspecified atom stereocenters. The minimum atomic E-state index is -3.62. The lowest BCUT2D eigenvalue weighted by Gasteiger charge is -2.37. The number of sulfonamides is 1. The van der Waals surface area contributed by atoms with Crippen LogP contribution in [0.1, 0.15) is 18.4 Å². The second kappa shape index (κ2) is 13.1. The van der Waals surface area contributed by atoms with Gasteiger partial charge in [-0.15, -0.1) is 11.8 Å². The molecule has 0 saturated carbocycles. The number of carbonyl (C=O) groups excluding carboxylic acids is 1. The molecule has 9 heteroatoms. The summed E-state index contributed by atoms with van der Waals surface area (Å²) in [7, 11) is -2.02. The van der Waals surface area contributed by atoms with Crippen molar-refractivity contribution in [3.05, 3.63) is 84.4 Å². The Kier molecular flexibility index (Phi) is 9.34. The summed E-state index contributed by atoms with van der Waals surface area (Å²) in [6.07, 6.45) is 2.70. The van der Waals surface area contributed by atoms with Gasteiger partial charge in [0.15, 0.2) is 0 Å². The Morgan fingerprint density at radius 1 is 0.875 bits per heavy atom. The van der Waals surface area contributed by atoms with Gasteiger partial charge in [-0.25, -0.2) is 8.42 Å². The molecule has 0 N–H and O–H groups in total. The SMILES string of the molecule is COc1ccc(S(=O)(=O)N2CCC(Cc3ccccc3)CC2)cc1N1CCN(C(=O)CSc2ccccc2)CC1. The summed E-state index contributed by atoms with van der Waals surface area (Å²) < 4.78 is 34.5. The fraction of sp³-hybridized carbons (Fsp3) is 0.387. The van der Waals surface area contributed by atoms with Crippen molar-refractivity contribution in [2.75, 3.05) is 57.0 Å². The molecule has 0 spiro atoms. The van der Waals surface area contributed by atoms with E-state index in [4.69, 9.17) is 4.74 Å². The Balaban J connectivity index is 1.20. The summed E-state index contributed by atoms with van der Waals surface area (Å²) in [5.41, 5.74) is 2.06. The lowest BCUT2D eigenvalue weighted by Crippen LogP contribution is -2.49. The highest BCUT2D eigenvalue weighted by molar-refractivity contribution is 8.00. The number of nitrogens with zero attached hydrogens (tertiary/aromatic N) is 3. The molecule has 7 nitrogen and oxygen atoms in total. The van der Waals surface area contributed by atoms with Crippen LogP contribution in [0.2, 0.25) is 0 Å². The predicted octanol–water partition coefficient (Wildman–Crippen LogP) is 4.78. The first-order valence-corrected chi connectivity index (χ1v) is 16.3. The van der Waals surface area contributed by atoms with Crippen LogP contribution >= 0.6 is 11.8 Å². The lowest BCUT2D eigenvalue weighted by atomic mass is 9.91. The highest BCUT2D eigenvalue weighted by Crippen LogP contribution is 2.34. The third-order valence-corrected chi connectivity index (χ3v) is 10.7. The van der Waals surface area contributed by atoms with E-state index < -0.39 is 10.0 Å². The fourth-order valence-electron chi connectivity index (χ4n) is 5.48. The van der Waals surface area contributed by atoms with Crippen molar-refractivity contribution in [1.29, 1.82) is 0 Å². The van der Waals surface area contributed by atoms with Crippen LogP contribution in [-0.2, 0) is 21.2 Å². The summed E-state index contributed by atoms with van der Waals surface area (Å²) >= 11 is 1.55. The Hall–Kier alpha value is -3.01. The maximum atomic E-state index is 13.6. The molecule has 0 atom stereocenters. The fourth-order valence-corrected chi connectivity index (χ4v) is 7.79. The maximum absolute atomic E-state index is 13.6. The van der Waals surface area contributed by atoms with E-state index >= 15 is 0 Å². The zero-order chi connectivity index (χ0) is 28.0. The number of piperidine rings is 1. The second-order valence-electron chi connectivity index (χ2n) is 10.3. The van der Waals surface area contributed by atoms with Crippen molar-refractivity contribution in [1.82, 2.24) is 9.21 Å². The van der Waals surface area contributed by atoms with Crippen molar-refractivity contribution < 1.29 is 17.9 Å². The number of methoxy groups -OCH3 is 1. The number of ether oxygens (including phenoxy) is 1. The van der Waals surface area contributed by atoms with E-state index in [-0.39, 0.29) is 5.91 Å². The number of piperazine rings is 1. The van der Waals surface area contributed by atoms with Crippen LogP contribution in [0.15, 0.2) is 88.7 Å². The topological polar surface area (TPSA) is 70.2 Å². The second-order valence-corrected chi connectivity index (χ2v) is 13.3. The van der Waals surface area contributed by atoms with Crippen molar-refractivity contribution in [2.45, 2.75) is 29.1 Å². The van der Waals surface area contributed by atoms with Gasteiger partial charge >= 0.3 is 0 Å². The first-order valence-electron chi connectivity index (χ1n) is 13.9. The highest BCUT2D eigenvalue weighted by Gasteiger charge is 2.31. The molecule has 1 amide bonds. The standard InChI is InChI=1S/C31H37N3O4S2/c1-38-30-13-12-28(40(36,37)34-16-14-26(15-17-34)22-25-8-4-2-5-9-25)23-29(30)32-18-20-33(21-19-32)31(35)24-39-27-10-6-3-7-11-27/h2-13,23,26H,14-22,24H2,1H3. The molecule has 3 aromatic carbocycles. The van der Waals surface area contributed by atoms with Crippen molar-refractivity contribution >= 4 is 33.4 Å². The van der Waals surface area contributed by atoms with Crippen molar-refractivity contribution in [2.24, 2.45) is 5.92 Å². The number of amides is 1.